The van der Waals surface area contributed by atoms with Crippen molar-refractivity contribution in [1.82, 2.24) is 0 Å². The molecule has 112 valence electrons. The molecule has 0 N–H and O–H groups in total. The van der Waals surface area contributed by atoms with Crippen LogP contribution in [0.3, 0.4) is 0 Å². The van der Waals surface area contributed by atoms with E-state index in [1.807, 2.05) is 23.1 Å². The zero-order chi connectivity index (χ0) is 14.8. The van der Waals surface area contributed by atoms with Crippen molar-refractivity contribution < 1.29 is 8.42 Å². The second kappa shape index (κ2) is 6.90. The molecule has 0 aliphatic carbocycles. The summed E-state index contributed by atoms with van der Waals surface area (Å²) in [4.78, 5) is 1.94. The third kappa shape index (κ3) is 3.46. The fraction of sp³-hybridized carbons (Fsp3) is 0.538. The van der Waals surface area contributed by atoms with Crippen LogP contribution in [0.2, 0.25) is 5.02 Å². The van der Waals surface area contributed by atoms with Gasteiger partial charge < -0.3 is 4.90 Å². The maximum Gasteiger partial charge on any atom is 0.171 e. The number of anilines is 1. The Labute approximate surface area is 138 Å². The van der Waals surface area contributed by atoms with Crippen LogP contribution in [-0.4, -0.2) is 37.6 Å². The van der Waals surface area contributed by atoms with Gasteiger partial charge in [0.15, 0.2) is 9.84 Å². The fourth-order valence-electron chi connectivity index (χ4n) is 2.21. The van der Waals surface area contributed by atoms with Gasteiger partial charge in [0.25, 0.3) is 0 Å². The van der Waals surface area contributed by atoms with E-state index >= 15 is 0 Å². The first-order chi connectivity index (χ1) is 9.49. The molecule has 1 unspecified atom stereocenters. The van der Waals surface area contributed by atoms with Crippen LogP contribution in [0.4, 0.5) is 5.69 Å². The maximum absolute atomic E-state index is 12.3. The predicted molar refractivity (Wildman–Crippen MR) is 92.0 cm³/mol. The van der Waals surface area contributed by atoms with Crippen LogP contribution in [-0.2, 0) is 15.2 Å². The van der Waals surface area contributed by atoms with Crippen LogP contribution in [0.5, 0.6) is 0 Å². The van der Waals surface area contributed by atoms with Crippen molar-refractivity contribution in [3.8, 4) is 0 Å². The molecule has 1 saturated heterocycles. The molecule has 1 aromatic carbocycles. The lowest BCUT2D eigenvalue weighted by Crippen LogP contribution is -2.48. The van der Waals surface area contributed by atoms with Crippen LogP contribution in [0, 0.1) is 0 Å². The van der Waals surface area contributed by atoms with Crippen molar-refractivity contribution in [3.63, 3.8) is 0 Å². The van der Waals surface area contributed by atoms with Gasteiger partial charge in [0.1, 0.15) is 5.37 Å². The molecule has 1 heterocycles. The Morgan fingerprint density at radius 1 is 1.50 bits per heavy atom. The van der Waals surface area contributed by atoms with Crippen LogP contribution in [0.15, 0.2) is 18.2 Å². The lowest BCUT2D eigenvalue weighted by molar-refractivity contribution is 0.579. The van der Waals surface area contributed by atoms with Gasteiger partial charge in [0.2, 0.25) is 0 Å². The minimum absolute atomic E-state index is 0.159. The molecule has 20 heavy (non-hydrogen) atoms. The van der Waals surface area contributed by atoms with Crippen LogP contribution >= 0.6 is 39.3 Å². The molecule has 1 aliphatic heterocycles. The molecule has 1 fully saturated rings. The minimum Gasteiger partial charge on any atom is -0.352 e. The normalized spacial score (nSPS) is 20.1. The van der Waals surface area contributed by atoms with Crippen LogP contribution < -0.4 is 4.90 Å². The third-order valence-electron chi connectivity index (χ3n) is 3.38. The van der Waals surface area contributed by atoms with E-state index in [0.717, 1.165) is 22.3 Å². The topological polar surface area (TPSA) is 37.4 Å². The molecule has 1 aliphatic rings. The highest BCUT2D eigenvalue weighted by molar-refractivity contribution is 9.08. The molecule has 0 radical (unpaired) electrons. The SMILES string of the molecule is CCS(=O)(=O)C1CSCCN1c1ccc(CBr)cc1Cl. The Balaban J connectivity index is 2.38. The highest BCUT2D eigenvalue weighted by Gasteiger charge is 2.33. The van der Waals surface area contributed by atoms with E-state index in [4.69, 9.17) is 11.6 Å². The van der Waals surface area contributed by atoms with Crippen molar-refractivity contribution in [2.24, 2.45) is 0 Å². The number of benzene rings is 1. The molecule has 0 bridgehead atoms. The van der Waals surface area contributed by atoms with E-state index < -0.39 is 15.2 Å². The lowest BCUT2D eigenvalue weighted by atomic mass is 10.2. The summed E-state index contributed by atoms with van der Waals surface area (Å²) in [6, 6.07) is 5.80. The van der Waals surface area contributed by atoms with Crippen molar-refractivity contribution in [3.05, 3.63) is 28.8 Å². The summed E-state index contributed by atoms with van der Waals surface area (Å²) in [7, 11) is -3.11. The number of hydrogen-bond donors (Lipinski definition) is 0. The van der Waals surface area contributed by atoms with Crippen LogP contribution in [0.1, 0.15) is 12.5 Å². The second-order valence-corrected chi connectivity index (χ2v) is 9.16. The van der Waals surface area contributed by atoms with E-state index in [-0.39, 0.29) is 5.75 Å². The van der Waals surface area contributed by atoms with Gasteiger partial charge in [-0.1, -0.05) is 40.5 Å². The molecule has 7 heteroatoms. The predicted octanol–water partition coefficient (Wildman–Crippen LogP) is 3.55. The zero-order valence-electron chi connectivity index (χ0n) is 11.2. The highest BCUT2D eigenvalue weighted by Crippen LogP contribution is 2.33. The number of halogens is 2. The van der Waals surface area contributed by atoms with Gasteiger partial charge in [-0.15, -0.1) is 0 Å². The Bertz CT molecular complexity index is 580. The largest absolute Gasteiger partial charge is 0.352 e. The molecule has 0 saturated carbocycles. The van der Waals surface area contributed by atoms with Gasteiger partial charge in [0, 0.05) is 29.1 Å². The Morgan fingerprint density at radius 3 is 2.85 bits per heavy atom. The fourth-order valence-corrected chi connectivity index (χ4v) is 5.86. The van der Waals surface area contributed by atoms with Gasteiger partial charge in [-0.3, -0.25) is 0 Å². The maximum atomic E-state index is 12.3. The summed E-state index contributed by atoms with van der Waals surface area (Å²) in [5.41, 5.74) is 1.90. The number of thioether (sulfide) groups is 1. The first-order valence-electron chi connectivity index (χ1n) is 6.40. The van der Waals surface area contributed by atoms with Gasteiger partial charge >= 0.3 is 0 Å². The Kier molecular flexibility index (Phi) is 5.68. The third-order valence-corrected chi connectivity index (χ3v) is 7.62. The first-order valence-corrected chi connectivity index (χ1v) is 10.8. The molecule has 0 spiro atoms. The Morgan fingerprint density at radius 2 is 2.25 bits per heavy atom. The molecule has 0 aromatic heterocycles. The molecular formula is C13H17BrClNO2S2. The van der Waals surface area contributed by atoms with Crippen molar-refractivity contribution in [1.29, 1.82) is 0 Å². The second-order valence-electron chi connectivity index (χ2n) is 4.59. The van der Waals surface area contributed by atoms with Gasteiger partial charge in [0.05, 0.1) is 10.7 Å². The van der Waals surface area contributed by atoms with E-state index in [2.05, 4.69) is 15.9 Å². The van der Waals surface area contributed by atoms with Crippen molar-refractivity contribution in [2.75, 3.05) is 28.7 Å². The lowest BCUT2D eigenvalue weighted by Gasteiger charge is -2.37. The monoisotopic (exact) mass is 397 g/mol. The molecule has 1 atom stereocenters. The van der Waals surface area contributed by atoms with E-state index in [1.54, 1.807) is 18.7 Å². The smallest absolute Gasteiger partial charge is 0.171 e. The van der Waals surface area contributed by atoms with E-state index in [9.17, 15) is 8.42 Å². The molecule has 2 rings (SSSR count). The number of hydrogen-bond acceptors (Lipinski definition) is 4. The molecule has 3 nitrogen and oxygen atoms in total. The Hall–Kier alpha value is 0.0900. The molecule has 1 aromatic rings. The minimum atomic E-state index is -3.11. The molecular weight excluding hydrogens is 382 g/mol. The quantitative estimate of drug-likeness (QED) is 0.727. The average Bonchev–Trinajstić information content (AvgIpc) is 2.47. The number of rotatable bonds is 4. The number of alkyl halides is 1. The summed E-state index contributed by atoms with van der Waals surface area (Å²) in [5, 5.41) is 0.878. The molecule has 0 amide bonds. The van der Waals surface area contributed by atoms with Gasteiger partial charge in [-0.25, -0.2) is 8.42 Å². The summed E-state index contributed by atoms with van der Waals surface area (Å²) in [6.07, 6.45) is 0. The number of sulfone groups is 1. The van der Waals surface area contributed by atoms with Crippen molar-refractivity contribution in [2.45, 2.75) is 17.6 Å². The zero-order valence-corrected chi connectivity index (χ0v) is 15.2. The first kappa shape index (κ1) is 16.5. The standard InChI is InChI=1S/C13H17BrClNO2S2/c1-2-20(17,18)13-9-19-6-5-16(13)12-4-3-10(8-14)7-11(12)15/h3-4,7,13H,2,5-6,8-9H2,1H3. The van der Waals surface area contributed by atoms with E-state index in [0.29, 0.717) is 17.3 Å². The van der Waals surface area contributed by atoms with E-state index in [1.165, 1.54) is 0 Å². The van der Waals surface area contributed by atoms with Crippen molar-refractivity contribution >= 4 is 54.8 Å². The summed E-state index contributed by atoms with van der Waals surface area (Å²) >= 11 is 11.4. The highest BCUT2D eigenvalue weighted by atomic mass is 79.9. The van der Waals surface area contributed by atoms with Gasteiger partial charge in [-0.05, 0) is 17.7 Å². The summed E-state index contributed by atoms with van der Waals surface area (Å²) < 4.78 is 24.5. The summed E-state index contributed by atoms with van der Waals surface area (Å²) in [6.45, 7) is 2.41. The number of nitrogens with zero attached hydrogens (tertiary/aromatic N) is 1. The average molecular weight is 399 g/mol. The van der Waals surface area contributed by atoms with Gasteiger partial charge in [-0.2, -0.15) is 11.8 Å². The van der Waals surface area contributed by atoms with Crippen LogP contribution in [0.25, 0.3) is 0 Å². The summed E-state index contributed by atoms with van der Waals surface area (Å²) in [5.74, 6) is 1.69.